The van der Waals surface area contributed by atoms with E-state index < -0.39 is 30.8 Å². The van der Waals surface area contributed by atoms with Crippen molar-refractivity contribution >= 4 is 0 Å². The van der Waals surface area contributed by atoms with Gasteiger partial charge in [-0.1, -0.05) is 19.8 Å². The van der Waals surface area contributed by atoms with Crippen LogP contribution >= 0.6 is 0 Å². The van der Waals surface area contributed by atoms with Crippen molar-refractivity contribution in [3.63, 3.8) is 0 Å². The van der Waals surface area contributed by atoms with Crippen LogP contribution in [0.3, 0.4) is 0 Å². The van der Waals surface area contributed by atoms with E-state index in [2.05, 4.69) is 0 Å². The maximum atomic E-state index is 13.3. The molecule has 0 saturated carbocycles. The van der Waals surface area contributed by atoms with E-state index in [1.54, 1.807) is 0 Å². The molecule has 0 aromatic carbocycles. The molecule has 0 spiro atoms. The minimum Gasteiger partial charge on any atom is -0.393 e. The summed E-state index contributed by atoms with van der Waals surface area (Å²) in [6, 6.07) is 0. The molecule has 0 saturated heterocycles. The van der Waals surface area contributed by atoms with Gasteiger partial charge in [0.2, 0.25) is 5.67 Å². The standard InChI is InChI=1S/C8H12F6O/c1-2-3-4-6(9,5-15)7(10,11)8(12,13)14/h15H,2-5H2,1H3. The Morgan fingerprint density at radius 2 is 1.47 bits per heavy atom. The normalized spacial score (nSPS) is 17.6. The highest BCUT2D eigenvalue weighted by Gasteiger charge is 2.70. The van der Waals surface area contributed by atoms with Gasteiger partial charge in [0.1, 0.15) is 0 Å². The minimum atomic E-state index is -5.99. The van der Waals surface area contributed by atoms with E-state index in [1.165, 1.54) is 6.92 Å². The lowest BCUT2D eigenvalue weighted by atomic mass is 9.92. The Balaban J connectivity index is 4.92. The molecule has 0 heterocycles. The smallest absolute Gasteiger partial charge is 0.393 e. The monoisotopic (exact) mass is 238 g/mol. The van der Waals surface area contributed by atoms with Crippen LogP contribution in [0.25, 0.3) is 0 Å². The molecule has 0 bridgehead atoms. The number of halogens is 6. The first-order valence-corrected chi connectivity index (χ1v) is 4.36. The summed E-state index contributed by atoms with van der Waals surface area (Å²) < 4.78 is 74.1. The molecule has 0 rings (SSSR count). The molecule has 0 amide bonds. The zero-order valence-electron chi connectivity index (χ0n) is 8.04. The first-order valence-electron chi connectivity index (χ1n) is 4.36. The van der Waals surface area contributed by atoms with Crippen LogP contribution in [0.5, 0.6) is 0 Å². The molecule has 15 heavy (non-hydrogen) atoms. The van der Waals surface area contributed by atoms with Crippen molar-refractivity contribution < 1.29 is 31.4 Å². The summed E-state index contributed by atoms with van der Waals surface area (Å²) in [7, 11) is 0. The number of alkyl halides is 6. The molecule has 0 radical (unpaired) electrons. The van der Waals surface area contributed by atoms with E-state index in [0.29, 0.717) is 0 Å². The molecule has 0 fully saturated rings. The van der Waals surface area contributed by atoms with Gasteiger partial charge in [0.05, 0.1) is 6.61 Å². The van der Waals surface area contributed by atoms with E-state index in [0.717, 1.165) is 0 Å². The van der Waals surface area contributed by atoms with Gasteiger partial charge >= 0.3 is 12.1 Å². The van der Waals surface area contributed by atoms with Gasteiger partial charge in [0, 0.05) is 0 Å². The van der Waals surface area contributed by atoms with Crippen molar-refractivity contribution in [3.8, 4) is 0 Å². The zero-order chi connectivity index (χ0) is 12.3. The number of rotatable bonds is 5. The van der Waals surface area contributed by atoms with Crippen LogP contribution in [-0.2, 0) is 0 Å². The summed E-state index contributed by atoms with van der Waals surface area (Å²) in [5.41, 5.74) is -3.93. The van der Waals surface area contributed by atoms with E-state index in [9.17, 15) is 26.3 Å². The van der Waals surface area contributed by atoms with Gasteiger partial charge in [-0.15, -0.1) is 0 Å². The Morgan fingerprint density at radius 3 is 1.73 bits per heavy atom. The maximum absolute atomic E-state index is 13.3. The van der Waals surface area contributed by atoms with Crippen molar-refractivity contribution in [3.05, 3.63) is 0 Å². The highest BCUT2D eigenvalue weighted by molar-refractivity contribution is 4.98. The van der Waals surface area contributed by atoms with Crippen LogP contribution in [0, 0.1) is 0 Å². The number of aliphatic hydroxyl groups excluding tert-OH is 1. The first kappa shape index (κ1) is 14.5. The topological polar surface area (TPSA) is 20.2 Å². The number of unbranched alkanes of at least 4 members (excludes halogenated alkanes) is 1. The Morgan fingerprint density at radius 1 is 1.00 bits per heavy atom. The van der Waals surface area contributed by atoms with E-state index >= 15 is 0 Å². The van der Waals surface area contributed by atoms with E-state index in [1.807, 2.05) is 0 Å². The van der Waals surface area contributed by atoms with Crippen molar-refractivity contribution in [2.24, 2.45) is 0 Å². The molecular weight excluding hydrogens is 226 g/mol. The van der Waals surface area contributed by atoms with Crippen LogP contribution in [0.4, 0.5) is 26.3 Å². The van der Waals surface area contributed by atoms with Crippen molar-refractivity contribution in [1.82, 2.24) is 0 Å². The van der Waals surface area contributed by atoms with Crippen LogP contribution in [-0.4, -0.2) is 29.5 Å². The zero-order valence-corrected chi connectivity index (χ0v) is 8.04. The van der Waals surface area contributed by atoms with Gasteiger partial charge in [0.25, 0.3) is 0 Å². The van der Waals surface area contributed by atoms with Gasteiger partial charge < -0.3 is 5.11 Å². The Kier molecular flexibility index (Phi) is 4.45. The molecule has 0 aliphatic carbocycles. The van der Waals surface area contributed by atoms with Crippen LogP contribution in [0.2, 0.25) is 0 Å². The molecule has 1 atom stereocenters. The largest absolute Gasteiger partial charge is 0.456 e. The summed E-state index contributed by atoms with van der Waals surface area (Å²) >= 11 is 0. The van der Waals surface area contributed by atoms with Crippen molar-refractivity contribution in [2.75, 3.05) is 6.61 Å². The Hall–Kier alpha value is -0.460. The first-order chi connectivity index (χ1) is 6.62. The second kappa shape index (κ2) is 4.59. The fourth-order valence-corrected chi connectivity index (χ4v) is 1.05. The molecule has 1 unspecified atom stereocenters. The van der Waals surface area contributed by atoms with Crippen LogP contribution < -0.4 is 0 Å². The van der Waals surface area contributed by atoms with Gasteiger partial charge in [-0.05, 0) is 6.42 Å². The van der Waals surface area contributed by atoms with Gasteiger partial charge in [-0.3, -0.25) is 0 Å². The summed E-state index contributed by atoms with van der Waals surface area (Å²) in [5.74, 6) is -5.52. The fraction of sp³-hybridized carbons (Fsp3) is 1.00. The Labute approximate surface area is 83.1 Å². The lowest BCUT2D eigenvalue weighted by Gasteiger charge is -2.33. The molecule has 0 aliphatic heterocycles. The molecule has 0 aliphatic rings. The average Bonchev–Trinajstić information content (AvgIpc) is 2.12. The lowest BCUT2D eigenvalue weighted by Crippen LogP contribution is -2.56. The fourth-order valence-electron chi connectivity index (χ4n) is 1.05. The SMILES string of the molecule is CCCCC(F)(CO)C(F)(F)C(F)(F)F. The van der Waals surface area contributed by atoms with Gasteiger partial charge in [-0.25, -0.2) is 4.39 Å². The van der Waals surface area contributed by atoms with Gasteiger partial charge in [0.15, 0.2) is 0 Å². The van der Waals surface area contributed by atoms with Crippen molar-refractivity contribution in [1.29, 1.82) is 0 Å². The second-order valence-electron chi connectivity index (χ2n) is 3.30. The summed E-state index contributed by atoms with van der Waals surface area (Å²) in [6.07, 6.45) is -6.90. The predicted octanol–water partition coefficient (Wildman–Crippen LogP) is 3.07. The third kappa shape index (κ3) is 2.76. The number of aliphatic hydroxyl groups is 1. The van der Waals surface area contributed by atoms with Crippen LogP contribution in [0.1, 0.15) is 26.2 Å². The summed E-state index contributed by atoms with van der Waals surface area (Å²) in [6.45, 7) is -0.330. The Bertz CT molecular complexity index is 202. The number of hydrogen-bond donors (Lipinski definition) is 1. The highest BCUT2D eigenvalue weighted by Crippen LogP contribution is 2.47. The molecule has 0 aromatic rings. The predicted molar refractivity (Wildman–Crippen MR) is 41.5 cm³/mol. The van der Waals surface area contributed by atoms with Crippen LogP contribution in [0.15, 0.2) is 0 Å². The van der Waals surface area contributed by atoms with E-state index in [4.69, 9.17) is 5.11 Å². The molecule has 7 heteroatoms. The third-order valence-electron chi connectivity index (χ3n) is 2.10. The lowest BCUT2D eigenvalue weighted by molar-refractivity contribution is -0.333. The second-order valence-corrected chi connectivity index (χ2v) is 3.30. The molecule has 1 N–H and O–H groups in total. The maximum Gasteiger partial charge on any atom is 0.456 e. The molecule has 92 valence electrons. The number of hydrogen-bond acceptors (Lipinski definition) is 1. The quantitative estimate of drug-likeness (QED) is 0.730. The molecule has 1 nitrogen and oxygen atoms in total. The summed E-state index contributed by atoms with van der Waals surface area (Å²) in [5, 5.41) is 8.36. The summed E-state index contributed by atoms with van der Waals surface area (Å²) in [4.78, 5) is 0. The highest BCUT2D eigenvalue weighted by atomic mass is 19.4. The van der Waals surface area contributed by atoms with E-state index in [-0.39, 0.29) is 12.8 Å². The van der Waals surface area contributed by atoms with Crippen molar-refractivity contribution in [2.45, 2.75) is 44.0 Å². The average molecular weight is 238 g/mol. The minimum absolute atomic E-state index is 0.150. The van der Waals surface area contributed by atoms with Gasteiger partial charge in [-0.2, -0.15) is 22.0 Å². The molecule has 0 aromatic heterocycles. The molecular formula is C8H12F6O. The third-order valence-corrected chi connectivity index (χ3v) is 2.10.